The number of nitro groups is 1. The first-order valence-corrected chi connectivity index (χ1v) is 10.2. The molecule has 8 nitrogen and oxygen atoms in total. The van der Waals surface area contributed by atoms with Gasteiger partial charge in [-0.05, 0) is 37.2 Å². The predicted molar refractivity (Wildman–Crippen MR) is 129 cm³/mol. The van der Waals surface area contributed by atoms with Gasteiger partial charge >= 0.3 is 0 Å². The number of hydrogen-bond acceptors (Lipinski definition) is 4. The molecule has 2 aromatic rings. The summed E-state index contributed by atoms with van der Waals surface area (Å²) in [6.45, 7) is 5.10. The average Bonchev–Trinajstić information content (AvgIpc) is 3.26. The van der Waals surface area contributed by atoms with Gasteiger partial charge in [0.05, 0.1) is 17.3 Å². The molecule has 0 spiro atoms. The minimum absolute atomic E-state index is 0. The monoisotopic (exact) mass is 526 g/mol. The van der Waals surface area contributed by atoms with E-state index in [1.807, 2.05) is 37.9 Å². The zero-order chi connectivity index (χ0) is 20.6. The number of piperidine rings is 1. The van der Waals surface area contributed by atoms with Crippen LogP contribution in [0.2, 0.25) is 0 Å². The van der Waals surface area contributed by atoms with Gasteiger partial charge in [0.1, 0.15) is 0 Å². The lowest BCUT2D eigenvalue weighted by Crippen LogP contribution is -2.49. The van der Waals surface area contributed by atoms with Gasteiger partial charge in [0.25, 0.3) is 5.69 Å². The van der Waals surface area contributed by atoms with Crippen LogP contribution < -0.4 is 5.32 Å². The van der Waals surface area contributed by atoms with E-state index in [2.05, 4.69) is 31.7 Å². The number of hydrogen-bond donors (Lipinski definition) is 1. The zero-order valence-electron chi connectivity index (χ0n) is 17.6. The summed E-state index contributed by atoms with van der Waals surface area (Å²) in [7, 11) is 1.84. The van der Waals surface area contributed by atoms with Gasteiger partial charge in [-0.3, -0.25) is 15.1 Å². The summed E-state index contributed by atoms with van der Waals surface area (Å²) in [6.07, 6.45) is 9.87. The average molecular weight is 526 g/mol. The minimum atomic E-state index is -0.363. The molecule has 1 aromatic carbocycles. The first-order valence-electron chi connectivity index (χ1n) is 10.2. The fourth-order valence-corrected chi connectivity index (χ4v) is 3.87. The quantitative estimate of drug-likeness (QED) is 0.148. The van der Waals surface area contributed by atoms with Crippen molar-refractivity contribution < 1.29 is 4.92 Å². The van der Waals surface area contributed by atoms with Gasteiger partial charge in [-0.15, -0.1) is 24.0 Å². The highest BCUT2D eigenvalue weighted by Crippen LogP contribution is 2.27. The molecule has 2 atom stereocenters. The molecule has 3 rings (SSSR count). The summed E-state index contributed by atoms with van der Waals surface area (Å²) in [5, 5.41) is 14.2. The SMILES string of the molecule is CN=C(NCCCCc1ccc([N+](=O)[O-])cc1)N1CCC(C)C(n2ccnc2)C1.I. The van der Waals surface area contributed by atoms with Crippen molar-refractivity contribution in [3.05, 3.63) is 58.7 Å². The lowest BCUT2D eigenvalue weighted by atomic mass is 9.93. The normalized spacial score (nSPS) is 19.3. The van der Waals surface area contributed by atoms with Crippen LogP contribution in [0.4, 0.5) is 5.69 Å². The van der Waals surface area contributed by atoms with Crippen molar-refractivity contribution in [2.24, 2.45) is 10.9 Å². The fourth-order valence-electron chi connectivity index (χ4n) is 3.87. The molecule has 1 saturated heterocycles. The predicted octanol–water partition coefficient (Wildman–Crippen LogP) is 3.89. The Balaban J connectivity index is 0.00000320. The molecule has 0 bridgehead atoms. The number of nitrogens with one attached hydrogen (secondary N) is 1. The second-order valence-corrected chi connectivity index (χ2v) is 7.64. The van der Waals surface area contributed by atoms with E-state index >= 15 is 0 Å². The van der Waals surface area contributed by atoms with Crippen molar-refractivity contribution in [3.63, 3.8) is 0 Å². The third kappa shape index (κ3) is 6.41. The van der Waals surface area contributed by atoms with E-state index in [1.165, 1.54) is 0 Å². The van der Waals surface area contributed by atoms with Crippen molar-refractivity contribution in [1.29, 1.82) is 0 Å². The summed E-state index contributed by atoms with van der Waals surface area (Å²) in [6, 6.07) is 7.24. The largest absolute Gasteiger partial charge is 0.356 e. The van der Waals surface area contributed by atoms with Gasteiger partial charge in [0.2, 0.25) is 0 Å². The molecule has 0 radical (unpaired) electrons. The molecule has 30 heavy (non-hydrogen) atoms. The number of nitro benzene ring substituents is 1. The first-order chi connectivity index (χ1) is 14.1. The Morgan fingerprint density at radius 2 is 2.10 bits per heavy atom. The molecule has 1 aromatic heterocycles. The van der Waals surface area contributed by atoms with E-state index in [-0.39, 0.29) is 34.6 Å². The number of imidazole rings is 1. The number of halogens is 1. The highest BCUT2D eigenvalue weighted by Gasteiger charge is 2.28. The summed E-state index contributed by atoms with van der Waals surface area (Å²) in [5.74, 6) is 1.57. The number of nitrogens with zero attached hydrogens (tertiary/aromatic N) is 5. The van der Waals surface area contributed by atoms with Crippen LogP contribution in [0, 0.1) is 16.0 Å². The molecule has 1 aliphatic rings. The van der Waals surface area contributed by atoms with Crippen LogP contribution in [-0.2, 0) is 6.42 Å². The van der Waals surface area contributed by atoms with Crippen LogP contribution in [-0.4, -0.2) is 52.0 Å². The maximum atomic E-state index is 10.7. The van der Waals surface area contributed by atoms with Crippen LogP contribution in [0.5, 0.6) is 0 Å². The van der Waals surface area contributed by atoms with Gasteiger partial charge < -0.3 is 14.8 Å². The van der Waals surface area contributed by atoms with E-state index in [0.29, 0.717) is 12.0 Å². The van der Waals surface area contributed by atoms with Crippen molar-refractivity contribution in [1.82, 2.24) is 19.8 Å². The number of aryl methyl sites for hydroxylation is 1. The van der Waals surface area contributed by atoms with Crippen LogP contribution >= 0.6 is 24.0 Å². The van der Waals surface area contributed by atoms with Crippen LogP contribution in [0.3, 0.4) is 0 Å². The van der Waals surface area contributed by atoms with E-state index in [1.54, 1.807) is 12.1 Å². The summed E-state index contributed by atoms with van der Waals surface area (Å²) >= 11 is 0. The van der Waals surface area contributed by atoms with Crippen molar-refractivity contribution in [3.8, 4) is 0 Å². The van der Waals surface area contributed by atoms with E-state index < -0.39 is 0 Å². The molecular weight excluding hydrogens is 495 g/mol. The Morgan fingerprint density at radius 3 is 2.73 bits per heavy atom. The van der Waals surface area contributed by atoms with Gasteiger partial charge in [-0.2, -0.15) is 0 Å². The molecule has 164 valence electrons. The number of likely N-dealkylation sites (tertiary alicyclic amines) is 1. The lowest BCUT2D eigenvalue weighted by Gasteiger charge is -2.39. The first kappa shape index (κ1) is 24.1. The molecule has 0 amide bonds. The number of non-ortho nitro benzene ring substituents is 1. The number of rotatable bonds is 7. The summed E-state index contributed by atoms with van der Waals surface area (Å²) in [5.41, 5.74) is 1.28. The minimum Gasteiger partial charge on any atom is -0.356 e. The topological polar surface area (TPSA) is 88.6 Å². The molecule has 1 fully saturated rings. The van der Waals surface area contributed by atoms with Gasteiger partial charge in [-0.25, -0.2) is 4.98 Å². The van der Waals surface area contributed by atoms with Gasteiger partial charge in [0, 0.05) is 51.2 Å². The lowest BCUT2D eigenvalue weighted by molar-refractivity contribution is -0.384. The second-order valence-electron chi connectivity index (χ2n) is 7.64. The maximum Gasteiger partial charge on any atom is 0.269 e. The molecule has 9 heteroatoms. The molecule has 2 heterocycles. The number of unbranched alkanes of at least 4 members (excludes halogenated alkanes) is 1. The van der Waals surface area contributed by atoms with Gasteiger partial charge in [-0.1, -0.05) is 19.1 Å². The van der Waals surface area contributed by atoms with Gasteiger partial charge in [0.15, 0.2) is 5.96 Å². The van der Waals surface area contributed by atoms with Crippen molar-refractivity contribution in [2.45, 2.75) is 38.6 Å². The standard InChI is InChI=1S/C21H30N6O2.HI/c1-17-10-13-25(15-20(17)26-14-12-23-16-26)21(22-2)24-11-4-3-5-18-6-8-19(9-7-18)27(28)29;/h6-9,12,14,16-17,20H,3-5,10-11,13,15H2,1-2H3,(H,22,24);1H. The number of guanidine groups is 1. The van der Waals surface area contributed by atoms with E-state index in [9.17, 15) is 10.1 Å². The summed E-state index contributed by atoms with van der Waals surface area (Å²) in [4.78, 5) is 21.4. The fraction of sp³-hybridized carbons (Fsp3) is 0.524. The number of aromatic nitrogens is 2. The van der Waals surface area contributed by atoms with E-state index in [4.69, 9.17) is 0 Å². The molecular formula is C21H31IN6O2. The highest BCUT2D eigenvalue weighted by molar-refractivity contribution is 14.0. The number of aliphatic imine (C=N–C) groups is 1. The zero-order valence-corrected chi connectivity index (χ0v) is 19.9. The van der Waals surface area contributed by atoms with Crippen LogP contribution in [0.1, 0.15) is 37.8 Å². The Kier molecular flexibility index (Phi) is 9.54. The molecule has 0 aliphatic carbocycles. The third-order valence-electron chi connectivity index (χ3n) is 5.66. The molecule has 0 saturated carbocycles. The highest BCUT2D eigenvalue weighted by atomic mass is 127. The Bertz CT molecular complexity index is 809. The van der Waals surface area contributed by atoms with Crippen LogP contribution in [0.15, 0.2) is 48.0 Å². The maximum absolute atomic E-state index is 10.7. The smallest absolute Gasteiger partial charge is 0.269 e. The molecule has 1 aliphatic heterocycles. The summed E-state index contributed by atoms with van der Waals surface area (Å²) < 4.78 is 2.20. The van der Waals surface area contributed by atoms with E-state index in [0.717, 1.165) is 56.8 Å². The second kappa shape index (κ2) is 11.9. The third-order valence-corrected chi connectivity index (χ3v) is 5.66. The molecule has 1 N–H and O–H groups in total. The Labute approximate surface area is 195 Å². The Morgan fingerprint density at radius 1 is 1.33 bits per heavy atom. The van der Waals surface area contributed by atoms with Crippen molar-refractivity contribution in [2.75, 3.05) is 26.7 Å². The molecule has 2 unspecified atom stereocenters. The van der Waals surface area contributed by atoms with Crippen molar-refractivity contribution >= 4 is 35.6 Å². The number of benzene rings is 1. The Hall–Kier alpha value is -2.17. The van der Waals surface area contributed by atoms with Crippen LogP contribution in [0.25, 0.3) is 0 Å².